The predicted octanol–water partition coefficient (Wildman–Crippen LogP) is 1.39. The Morgan fingerprint density at radius 3 is 3.07 bits per heavy atom. The van der Waals surface area contributed by atoms with E-state index >= 15 is 0 Å². The maximum atomic E-state index is 9.07. The Labute approximate surface area is 91.4 Å². The number of aliphatic hydroxyl groups is 1. The molecule has 0 radical (unpaired) electrons. The summed E-state index contributed by atoms with van der Waals surface area (Å²) in [6, 6.07) is 1.84. The minimum absolute atomic E-state index is 0.0260. The summed E-state index contributed by atoms with van der Waals surface area (Å²) in [6.45, 7) is 1.27. The molecule has 0 aliphatic carbocycles. The molecule has 0 unspecified atom stereocenters. The van der Waals surface area contributed by atoms with Crippen molar-refractivity contribution in [3.05, 3.63) is 22.3 Å². The van der Waals surface area contributed by atoms with E-state index in [1.165, 1.54) is 0 Å². The highest BCUT2D eigenvalue weighted by Crippen LogP contribution is 2.17. The van der Waals surface area contributed by atoms with Gasteiger partial charge in [-0.3, -0.25) is 0 Å². The Morgan fingerprint density at radius 2 is 2.43 bits per heavy atom. The minimum Gasteiger partial charge on any atom is -0.392 e. The number of aromatic nitrogens is 1. The summed E-state index contributed by atoms with van der Waals surface area (Å²) in [7, 11) is 1.64. The molecule has 0 fully saturated rings. The Balaban J connectivity index is 2.65. The van der Waals surface area contributed by atoms with Crippen molar-refractivity contribution in [3.63, 3.8) is 0 Å². The van der Waals surface area contributed by atoms with Crippen molar-refractivity contribution in [2.75, 3.05) is 25.6 Å². The number of aliphatic hydroxyl groups excluding tert-OH is 1. The molecule has 0 atom stereocenters. The van der Waals surface area contributed by atoms with Gasteiger partial charge in [0.2, 0.25) is 0 Å². The highest BCUT2D eigenvalue weighted by Gasteiger charge is 2.02. The molecule has 0 aromatic carbocycles. The average Bonchev–Trinajstić information content (AvgIpc) is 2.20. The second kappa shape index (κ2) is 5.95. The van der Waals surface area contributed by atoms with Crippen LogP contribution in [0.15, 0.2) is 16.7 Å². The molecular formula is C9H13BrN2O2. The zero-order chi connectivity index (χ0) is 10.4. The zero-order valence-corrected chi connectivity index (χ0v) is 9.54. The lowest BCUT2D eigenvalue weighted by Crippen LogP contribution is -2.10. The average molecular weight is 261 g/mol. The molecule has 4 nitrogen and oxygen atoms in total. The molecule has 1 aromatic rings. The molecule has 78 valence electrons. The second-order valence-corrected chi connectivity index (χ2v) is 3.65. The van der Waals surface area contributed by atoms with Crippen molar-refractivity contribution in [2.45, 2.75) is 6.61 Å². The van der Waals surface area contributed by atoms with E-state index in [0.29, 0.717) is 19.0 Å². The van der Waals surface area contributed by atoms with E-state index in [1.54, 1.807) is 13.3 Å². The van der Waals surface area contributed by atoms with E-state index in [1.807, 2.05) is 6.07 Å². The number of anilines is 1. The van der Waals surface area contributed by atoms with Gasteiger partial charge < -0.3 is 15.2 Å². The van der Waals surface area contributed by atoms with Gasteiger partial charge in [0, 0.05) is 29.9 Å². The van der Waals surface area contributed by atoms with E-state index in [0.717, 1.165) is 10.0 Å². The first-order valence-electron chi connectivity index (χ1n) is 4.26. The van der Waals surface area contributed by atoms with E-state index in [2.05, 4.69) is 26.2 Å². The van der Waals surface area contributed by atoms with Crippen LogP contribution in [0.4, 0.5) is 5.82 Å². The predicted molar refractivity (Wildman–Crippen MR) is 58.2 cm³/mol. The Morgan fingerprint density at radius 1 is 1.64 bits per heavy atom. The molecule has 1 rings (SSSR count). The largest absolute Gasteiger partial charge is 0.392 e. The number of methoxy groups -OCH3 is 1. The lowest BCUT2D eigenvalue weighted by molar-refractivity contribution is 0.210. The van der Waals surface area contributed by atoms with Crippen molar-refractivity contribution in [2.24, 2.45) is 0 Å². The fraction of sp³-hybridized carbons (Fsp3) is 0.444. The summed E-state index contributed by atoms with van der Waals surface area (Å²) < 4.78 is 5.76. The summed E-state index contributed by atoms with van der Waals surface area (Å²) in [5, 5.41) is 12.1. The highest BCUT2D eigenvalue weighted by molar-refractivity contribution is 9.10. The molecule has 0 saturated carbocycles. The summed E-state index contributed by atoms with van der Waals surface area (Å²) in [5.74, 6) is 0.702. The van der Waals surface area contributed by atoms with Crippen molar-refractivity contribution in [1.82, 2.24) is 4.98 Å². The van der Waals surface area contributed by atoms with Gasteiger partial charge >= 0.3 is 0 Å². The molecule has 0 spiro atoms. The van der Waals surface area contributed by atoms with Gasteiger partial charge in [0.05, 0.1) is 13.2 Å². The Kier molecular flexibility index (Phi) is 4.86. The lowest BCUT2D eigenvalue weighted by atomic mass is 10.3. The van der Waals surface area contributed by atoms with Crippen LogP contribution >= 0.6 is 15.9 Å². The highest BCUT2D eigenvalue weighted by atomic mass is 79.9. The number of rotatable bonds is 5. The van der Waals surface area contributed by atoms with E-state index < -0.39 is 0 Å². The third kappa shape index (κ3) is 3.25. The molecule has 5 heteroatoms. The number of pyridine rings is 1. The molecule has 0 aliphatic heterocycles. The van der Waals surface area contributed by atoms with E-state index in [-0.39, 0.29) is 6.61 Å². The molecule has 1 heterocycles. The number of nitrogens with zero attached hydrogens (tertiary/aromatic N) is 1. The number of hydrogen-bond donors (Lipinski definition) is 2. The standard InChI is InChI=1S/C9H13BrN2O2/c1-14-3-2-11-9-7(6-13)4-8(10)5-12-9/h4-5,13H,2-3,6H2,1H3,(H,11,12). The minimum atomic E-state index is -0.0260. The summed E-state index contributed by atoms with van der Waals surface area (Å²) in [6.07, 6.45) is 1.69. The lowest BCUT2D eigenvalue weighted by Gasteiger charge is -2.08. The molecule has 0 bridgehead atoms. The normalized spacial score (nSPS) is 10.2. The van der Waals surface area contributed by atoms with Crippen molar-refractivity contribution in [1.29, 1.82) is 0 Å². The van der Waals surface area contributed by atoms with Gasteiger partial charge in [-0.05, 0) is 22.0 Å². The van der Waals surface area contributed by atoms with Crippen molar-refractivity contribution in [3.8, 4) is 0 Å². The second-order valence-electron chi connectivity index (χ2n) is 2.74. The van der Waals surface area contributed by atoms with E-state index in [4.69, 9.17) is 9.84 Å². The van der Waals surface area contributed by atoms with Crippen LogP contribution in [-0.4, -0.2) is 30.4 Å². The summed E-state index contributed by atoms with van der Waals surface area (Å²) in [5.41, 5.74) is 0.774. The van der Waals surface area contributed by atoms with Gasteiger partial charge in [-0.2, -0.15) is 0 Å². The number of hydrogen-bond acceptors (Lipinski definition) is 4. The molecule has 14 heavy (non-hydrogen) atoms. The molecule has 2 N–H and O–H groups in total. The fourth-order valence-electron chi connectivity index (χ4n) is 1.03. The quantitative estimate of drug-likeness (QED) is 0.786. The number of halogens is 1. The molecule has 0 amide bonds. The van der Waals surface area contributed by atoms with Gasteiger partial charge in [-0.25, -0.2) is 4.98 Å². The molecule has 0 aliphatic rings. The summed E-state index contributed by atoms with van der Waals surface area (Å²) in [4.78, 5) is 4.15. The van der Waals surface area contributed by atoms with Gasteiger partial charge in [0.15, 0.2) is 0 Å². The first kappa shape index (κ1) is 11.4. The Bertz CT molecular complexity index is 294. The topological polar surface area (TPSA) is 54.4 Å². The van der Waals surface area contributed by atoms with Crippen LogP contribution in [0, 0.1) is 0 Å². The number of nitrogens with one attached hydrogen (secondary N) is 1. The molecule has 0 saturated heterocycles. The third-order valence-electron chi connectivity index (χ3n) is 1.70. The van der Waals surface area contributed by atoms with Crippen molar-refractivity contribution >= 4 is 21.7 Å². The van der Waals surface area contributed by atoms with Crippen LogP contribution in [0.5, 0.6) is 0 Å². The third-order valence-corrected chi connectivity index (χ3v) is 2.14. The van der Waals surface area contributed by atoms with Gasteiger partial charge in [-0.15, -0.1) is 0 Å². The summed E-state index contributed by atoms with van der Waals surface area (Å²) >= 11 is 3.29. The maximum absolute atomic E-state index is 9.07. The van der Waals surface area contributed by atoms with Crippen molar-refractivity contribution < 1.29 is 9.84 Å². The van der Waals surface area contributed by atoms with Crippen LogP contribution in [-0.2, 0) is 11.3 Å². The molecular weight excluding hydrogens is 248 g/mol. The van der Waals surface area contributed by atoms with Crippen LogP contribution in [0.3, 0.4) is 0 Å². The molecule has 1 aromatic heterocycles. The van der Waals surface area contributed by atoms with E-state index in [9.17, 15) is 0 Å². The smallest absolute Gasteiger partial charge is 0.131 e. The van der Waals surface area contributed by atoms with Crippen LogP contribution in [0.1, 0.15) is 5.56 Å². The first-order chi connectivity index (χ1) is 6.77. The van der Waals surface area contributed by atoms with Gasteiger partial charge in [0.1, 0.15) is 5.82 Å². The van der Waals surface area contributed by atoms with Crippen LogP contribution in [0.25, 0.3) is 0 Å². The van der Waals surface area contributed by atoms with Gasteiger partial charge in [-0.1, -0.05) is 0 Å². The SMILES string of the molecule is COCCNc1ncc(Br)cc1CO. The first-order valence-corrected chi connectivity index (χ1v) is 5.05. The van der Waals surface area contributed by atoms with Crippen LogP contribution in [0.2, 0.25) is 0 Å². The maximum Gasteiger partial charge on any atom is 0.131 e. The Hall–Kier alpha value is -0.650. The zero-order valence-electron chi connectivity index (χ0n) is 7.96. The van der Waals surface area contributed by atoms with Gasteiger partial charge in [0.25, 0.3) is 0 Å². The fourth-order valence-corrected chi connectivity index (χ4v) is 1.41. The number of ether oxygens (including phenoxy) is 1. The monoisotopic (exact) mass is 260 g/mol. The van der Waals surface area contributed by atoms with Crippen LogP contribution < -0.4 is 5.32 Å².